The summed E-state index contributed by atoms with van der Waals surface area (Å²) < 4.78 is 25.0. The molecular weight excluding hydrogens is 307 g/mol. The molecule has 1 aromatic rings. The molecule has 0 bridgehead atoms. The molecule has 6 heteroatoms. The molecule has 0 fully saturated rings. The minimum atomic E-state index is -2.75. The molecule has 1 aromatic heterocycles. The van der Waals surface area contributed by atoms with E-state index >= 15 is 0 Å². The van der Waals surface area contributed by atoms with Crippen LogP contribution in [0.4, 0.5) is 8.78 Å². The van der Waals surface area contributed by atoms with Crippen molar-refractivity contribution >= 4 is 28.6 Å². The van der Waals surface area contributed by atoms with Gasteiger partial charge >= 0.3 is 5.97 Å². The van der Waals surface area contributed by atoms with Crippen molar-refractivity contribution in [1.82, 2.24) is 4.98 Å². The van der Waals surface area contributed by atoms with E-state index in [-0.39, 0.29) is 11.1 Å². The van der Waals surface area contributed by atoms with Crippen LogP contribution in [0, 0.1) is 10.5 Å². The molecule has 1 rings (SSSR count). The zero-order chi connectivity index (χ0) is 10.9. The van der Waals surface area contributed by atoms with E-state index in [2.05, 4.69) is 4.98 Å². The van der Waals surface area contributed by atoms with Gasteiger partial charge in [-0.2, -0.15) is 0 Å². The summed E-state index contributed by atoms with van der Waals surface area (Å²) in [5, 5.41) is 8.78. The predicted octanol–water partition coefficient (Wildman–Crippen LogP) is 2.63. The number of pyridine rings is 1. The van der Waals surface area contributed by atoms with Gasteiger partial charge in [0.2, 0.25) is 0 Å². The Morgan fingerprint density at radius 1 is 1.64 bits per heavy atom. The first-order valence-corrected chi connectivity index (χ1v) is 4.69. The van der Waals surface area contributed by atoms with Gasteiger partial charge in [-0.25, -0.2) is 13.6 Å². The summed E-state index contributed by atoms with van der Waals surface area (Å²) in [4.78, 5) is 14.2. The average molecular weight is 313 g/mol. The standard InChI is InChI=1S/C8H6F2INO2/c1-3-5(8(13)14)4(11)2-12-6(3)7(9)10/h2,7H,1H3,(H,13,14). The smallest absolute Gasteiger partial charge is 0.337 e. The van der Waals surface area contributed by atoms with Crippen molar-refractivity contribution in [3.63, 3.8) is 0 Å². The molecule has 0 aliphatic rings. The number of nitrogens with zero attached hydrogens (tertiary/aromatic N) is 1. The highest BCUT2D eigenvalue weighted by Crippen LogP contribution is 2.25. The minimum absolute atomic E-state index is 0.0272. The highest BCUT2D eigenvalue weighted by Gasteiger charge is 2.20. The lowest BCUT2D eigenvalue weighted by atomic mass is 10.1. The van der Waals surface area contributed by atoms with Crippen LogP contribution in [0.25, 0.3) is 0 Å². The quantitative estimate of drug-likeness (QED) is 0.854. The zero-order valence-electron chi connectivity index (χ0n) is 7.09. The van der Waals surface area contributed by atoms with Gasteiger partial charge in [-0.15, -0.1) is 0 Å². The third-order valence-electron chi connectivity index (χ3n) is 1.74. The largest absolute Gasteiger partial charge is 0.478 e. The van der Waals surface area contributed by atoms with Crippen LogP contribution in [0.3, 0.4) is 0 Å². The van der Waals surface area contributed by atoms with Crippen LogP contribution in [-0.4, -0.2) is 16.1 Å². The molecule has 0 aliphatic heterocycles. The normalized spacial score (nSPS) is 10.6. The van der Waals surface area contributed by atoms with Crippen LogP contribution < -0.4 is 0 Å². The third kappa shape index (κ3) is 1.99. The van der Waals surface area contributed by atoms with E-state index in [4.69, 9.17) is 5.11 Å². The van der Waals surface area contributed by atoms with Gasteiger partial charge < -0.3 is 5.11 Å². The average Bonchev–Trinajstić information content (AvgIpc) is 2.02. The summed E-state index contributed by atoms with van der Waals surface area (Å²) in [6, 6.07) is 0. The molecule has 3 nitrogen and oxygen atoms in total. The maximum atomic E-state index is 12.3. The van der Waals surface area contributed by atoms with Gasteiger partial charge in [0.15, 0.2) is 0 Å². The van der Waals surface area contributed by atoms with Gasteiger partial charge in [-0.1, -0.05) is 0 Å². The SMILES string of the molecule is Cc1c(C(F)F)ncc(I)c1C(=O)O. The van der Waals surface area contributed by atoms with Gasteiger partial charge in [0.05, 0.1) is 5.56 Å². The summed E-state index contributed by atoms with van der Waals surface area (Å²) >= 11 is 1.75. The van der Waals surface area contributed by atoms with Crippen molar-refractivity contribution in [2.24, 2.45) is 0 Å². The van der Waals surface area contributed by atoms with E-state index in [1.807, 2.05) is 0 Å². The number of carboxylic acid groups (broad SMARTS) is 1. The Hall–Kier alpha value is -0.790. The second-order valence-electron chi connectivity index (χ2n) is 2.60. The van der Waals surface area contributed by atoms with Crippen LogP contribution in [0.15, 0.2) is 6.20 Å². The zero-order valence-corrected chi connectivity index (χ0v) is 9.25. The van der Waals surface area contributed by atoms with E-state index < -0.39 is 18.1 Å². The van der Waals surface area contributed by atoms with Crippen LogP contribution in [-0.2, 0) is 0 Å². The Morgan fingerprint density at radius 2 is 2.21 bits per heavy atom. The van der Waals surface area contributed by atoms with Gasteiger partial charge in [0.25, 0.3) is 6.43 Å². The molecule has 0 aromatic carbocycles. The number of alkyl halides is 2. The second kappa shape index (κ2) is 4.16. The molecule has 0 amide bonds. The summed E-state index contributed by atoms with van der Waals surface area (Å²) in [5.74, 6) is -1.21. The molecule has 0 saturated heterocycles. The van der Waals surface area contributed by atoms with Crippen molar-refractivity contribution in [3.05, 3.63) is 26.6 Å². The molecule has 76 valence electrons. The van der Waals surface area contributed by atoms with Crippen LogP contribution in [0.2, 0.25) is 0 Å². The van der Waals surface area contributed by atoms with Crippen molar-refractivity contribution in [1.29, 1.82) is 0 Å². The predicted molar refractivity (Wildman–Crippen MR) is 53.6 cm³/mol. The van der Waals surface area contributed by atoms with Gasteiger partial charge in [-0.05, 0) is 35.1 Å². The summed E-state index contributed by atoms with van der Waals surface area (Å²) in [6.07, 6.45) is -1.61. The molecule has 0 aliphatic carbocycles. The molecule has 0 spiro atoms. The molecule has 0 atom stereocenters. The molecule has 0 unspecified atom stereocenters. The molecular formula is C8H6F2INO2. The first-order chi connectivity index (χ1) is 6.45. The van der Waals surface area contributed by atoms with E-state index in [1.165, 1.54) is 6.92 Å². The number of aromatic nitrogens is 1. The van der Waals surface area contributed by atoms with E-state index in [0.717, 1.165) is 6.20 Å². The summed E-state index contributed by atoms with van der Waals surface area (Å²) in [6.45, 7) is 1.33. The number of rotatable bonds is 2. The maximum absolute atomic E-state index is 12.3. The summed E-state index contributed by atoms with van der Waals surface area (Å²) in [5.41, 5.74) is -0.543. The van der Waals surface area contributed by atoms with Crippen molar-refractivity contribution in [3.8, 4) is 0 Å². The van der Waals surface area contributed by atoms with Crippen molar-refractivity contribution < 1.29 is 18.7 Å². The lowest BCUT2D eigenvalue weighted by Gasteiger charge is -2.08. The number of carbonyl (C=O) groups is 1. The Balaban J connectivity index is 3.41. The Labute approximate surface area is 92.3 Å². The van der Waals surface area contributed by atoms with Crippen LogP contribution >= 0.6 is 22.6 Å². The first kappa shape index (κ1) is 11.3. The number of hydrogen-bond donors (Lipinski definition) is 1. The van der Waals surface area contributed by atoms with Crippen molar-refractivity contribution in [2.75, 3.05) is 0 Å². The number of aromatic carboxylic acids is 1. The number of hydrogen-bond acceptors (Lipinski definition) is 2. The monoisotopic (exact) mass is 313 g/mol. The first-order valence-electron chi connectivity index (χ1n) is 3.61. The fourth-order valence-corrected chi connectivity index (χ4v) is 1.85. The molecule has 14 heavy (non-hydrogen) atoms. The topological polar surface area (TPSA) is 50.2 Å². The van der Waals surface area contributed by atoms with Gasteiger partial charge in [0.1, 0.15) is 5.69 Å². The van der Waals surface area contributed by atoms with Crippen LogP contribution in [0.5, 0.6) is 0 Å². The van der Waals surface area contributed by atoms with E-state index in [0.29, 0.717) is 3.57 Å². The Morgan fingerprint density at radius 3 is 2.64 bits per heavy atom. The highest BCUT2D eigenvalue weighted by molar-refractivity contribution is 14.1. The lowest BCUT2D eigenvalue weighted by molar-refractivity contribution is 0.0694. The lowest BCUT2D eigenvalue weighted by Crippen LogP contribution is -2.08. The molecule has 1 N–H and O–H groups in total. The fraction of sp³-hybridized carbons (Fsp3) is 0.250. The van der Waals surface area contributed by atoms with E-state index in [1.54, 1.807) is 22.6 Å². The minimum Gasteiger partial charge on any atom is -0.478 e. The van der Waals surface area contributed by atoms with Gasteiger partial charge in [0, 0.05) is 9.77 Å². The maximum Gasteiger partial charge on any atom is 0.337 e. The van der Waals surface area contributed by atoms with Crippen molar-refractivity contribution in [2.45, 2.75) is 13.3 Å². The fourth-order valence-electron chi connectivity index (χ4n) is 1.08. The summed E-state index contributed by atoms with van der Waals surface area (Å²) in [7, 11) is 0. The highest BCUT2D eigenvalue weighted by atomic mass is 127. The molecule has 0 saturated carbocycles. The number of carboxylic acids is 1. The number of halogens is 3. The van der Waals surface area contributed by atoms with E-state index in [9.17, 15) is 13.6 Å². The molecule has 0 radical (unpaired) electrons. The second-order valence-corrected chi connectivity index (χ2v) is 3.76. The molecule has 1 heterocycles. The Bertz CT molecular complexity index is 382. The van der Waals surface area contributed by atoms with Crippen LogP contribution in [0.1, 0.15) is 28.0 Å². The van der Waals surface area contributed by atoms with Gasteiger partial charge in [-0.3, -0.25) is 4.98 Å². The third-order valence-corrected chi connectivity index (χ3v) is 2.55. The Kier molecular flexibility index (Phi) is 3.35.